The Morgan fingerprint density at radius 1 is 1.40 bits per heavy atom. The zero-order valence-corrected chi connectivity index (χ0v) is 12.0. The van der Waals surface area contributed by atoms with Crippen molar-refractivity contribution in [2.24, 2.45) is 5.92 Å². The molecule has 0 aliphatic carbocycles. The van der Waals surface area contributed by atoms with E-state index in [4.69, 9.17) is 4.74 Å². The van der Waals surface area contributed by atoms with Gasteiger partial charge < -0.3 is 4.74 Å². The molecule has 1 aromatic rings. The summed E-state index contributed by atoms with van der Waals surface area (Å²) in [5.41, 5.74) is 1.05. The van der Waals surface area contributed by atoms with Gasteiger partial charge in [-0.3, -0.25) is 4.68 Å². The molecule has 0 unspecified atom stereocenters. The fourth-order valence-corrected chi connectivity index (χ4v) is 1.83. The van der Waals surface area contributed by atoms with E-state index in [0.717, 1.165) is 12.2 Å². The number of aromatic nitrogens is 2. The van der Waals surface area contributed by atoms with E-state index in [9.17, 15) is 0 Å². The predicted molar refractivity (Wildman–Crippen MR) is 69.7 cm³/mol. The van der Waals surface area contributed by atoms with E-state index in [1.165, 1.54) is 3.57 Å². The van der Waals surface area contributed by atoms with Crippen LogP contribution in [0.3, 0.4) is 0 Å². The first-order chi connectivity index (χ1) is 6.99. The molecule has 0 fully saturated rings. The first-order valence-electron chi connectivity index (χ1n) is 5.32. The average Bonchev–Trinajstić information content (AvgIpc) is 2.41. The van der Waals surface area contributed by atoms with Gasteiger partial charge in [0.25, 0.3) is 0 Å². The van der Waals surface area contributed by atoms with Gasteiger partial charge in [0.2, 0.25) is 0 Å². The molecule has 0 saturated heterocycles. The molecule has 0 aliphatic heterocycles. The summed E-state index contributed by atoms with van der Waals surface area (Å²) in [4.78, 5) is 0. The molecular formula is C11H19IN2O. The lowest BCUT2D eigenvalue weighted by Crippen LogP contribution is -2.07. The molecule has 0 aromatic carbocycles. The van der Waals surface area contributed by atoms with Crippen molar-refractivity contribution in [1.82, 2.24) is 9.78 Å². The monoisotopic (exact) mass is 322 g/mol. The smallest absolute Gasteiger partial charge is 0.101 e. The molecule has 0 amide bonds. The van der Waals surface area contributed by atoms with Gasteiger partial charge in [0.05, 0.1) is 16.3 Å². The predicted octanol–water partition coefficient (Wildman–Crippen LogP) is 3.07. The van der Waals surface area contributed by atoms with Gasteiger partial charge >= 0.3 is 0 Å². The van der Waals surface area contributed by atoms with Crippen LogP contribution in [0.1, 0.15) is 33.4 Å². The highest BCUT2D eigenvalue weighted by Gasteiger charge is 2.08. The van der Waals surface area contributed by atoms with Crippen LogP contribution < -0.4 is 0 Å². The van der Waals surface area contributed by atoms with Gasteiger partial charge in [-0.2, -0.15) is 5.10 Å². The summed E-state index contributed by atoms with van der Waals surface area (Å²) >= 11 is 2.31. The molecule has 0 atom stereocenters. The van der Waals surface area contributed by atoms with Gasteiger partial charge in [-0.15, -0.1) is 0 Å². The Hall–Kier alpha value is -0.100. The maximum absolute atomic E-state index is 5.55. The average molecular weight is 322 g/mol. The van der Waals surface area contributed by atoms with E-state index in [1.54, 1.807) is 0 Å². The van der Waals surface area contributed by atoms with Gasteiger partial charge in [-0.25, -0.2) is 0 Å². The summed E-state index contributed by atoms with van der Waals surface area (Å²) in [6, 6.07) is 0. The molecule has 0 radical (unpaired) electrons. The van der Waals surface area contributed by atoms with Crippen LogP contribution in [-0.4, -0.2) is 15.9 Å². The number of rotatable bonds is 5. The molecule has 4 heteroatoms. The van der Waals surface area contributed by atoms with Crippen molar-refractivity contribution in [3.63, 3.8) is 0 Å². The van der Waals surface area contributed by atoms with Crippen molar-refractivity contribution in [2.45, 2.75) is 47.0 Å². The third-order valence-electron chi connectivity index (χ3n) is 1.89. The second-order valence-corrected chi connectivity index (χ2v) is 5.56. The van der Waals surface area contributed by atoms with E-state index in [2.05, 4.69) is 47.7 Å². The van der Waals surface area contributed by atoms with Crippen molar-refractivity contribution in [2.75, 3.05) is 0 Å². The van der Waals surface area contributed by atoms with Crippen LogP contribution >= 0.6 is 22.6 Å². The van der Waals surface area contributed by atoms with E-state index in [-0.39, 0.29) is 6.10 Å². The highest BCUT2D eigenvalue weighted by molar-refractivity contribution is 14.1. The fraction of sp³-hybridized carbons (Fsp3) is 0.727. The number of nitrogens with zero attached hydrogens (tertiary/aromatic N) is 2. The maximum atomic E-state index is 5.55. The van der Waals surface area contributed by atoms with Crippen molar-refractivity contribution in [1.29, 1.82) is 0 Å². The quantitative estimate of drug-likeness (QED) is 0.779. The second kappa shape index (κ2) is 5.84. The minimum absolute atomic E-state index is 0.260. The highest BCUT2D eigenvalue weighted by Crippen LogP contribution is 2.13. The molecule has 15 heavy (non-hydrogen) atoms. The number of hydrogen-bond donors (Lipinski definition) is 0. The standard InChI is InChI=1S/C11H19IN2O/c1-8(2)5-14-6-10(12)11(13-14)7-15-9(3)4/h6,8-9H,5,7H2,1-4H3. The minimum Gasteiger partial charge on any atom is -0.372 e. The van der Waals surface area contributed by atoms with Crippen molar-refractivity contribution in [3.8, 4) is 0 Å². The molecule has 3 nitrogen and oxygen atoms in total. The van der Waals surface area contributed by atoms with Crippen LogP contribution in [0.5, 0.6) is 0 Å². The highest BCUT2D eigenvalue weighted by atomic mass is 127. The second-order valence-electron chi connectivity index (χ2n) is 4.40. The Kier molecular flexibility index (Phi) is 5.05. The van der Waals surface area contributed by atoms with Crippen LogP contribution in [-0.2, 0) is 17.9 Å². The fourth-order valence-electron chi connectivity index (χ4n) is 1.25. The number of halogens is 1. The largest absolute Gasteiger partial charge is 0.372 e. The topological polar surface area (TPSA) is 27.1 Å². The Labute approximate surface area is 105 Å². The van der Waals surface area contributed by atoms with Crippen LogP contribution in [0, 0.1) is 9.49 Å². The molecule has 1 heterocycles. The number of hydrogen-bond acceptors (Lipinski definition) is 2. The Morgan fingerprint density at radius 2 is 2.07 bits per heavy atom. The van der Waals surface area contributed by atoms with Crippen LogP contribution in [0.15, 0.2) is 6.20 Å². The van der Waals surface area contributed by atoms with Crippen molar-refractivity contribution >= 4 is 22.6 Å². The Bertz CT molecular complexity index is 308. The lowest BCUT2D eigenvalue weighted by Gasteiger charge is -2.06. The molecule has 0 aliphatic rings. The Morgan fingerprint density at radius 3 is 2.60 bits per heavy atom. The zero-order valence-electron chi connectivity index (χ0n) is 9.83. The molecule has 0 N–H and O–H groups in total. The molecule has 0 saturated carbocycles. The molecule has 0 bridgehead atoms. The van der Waals surface area contributed by atoms with Crippen LogP contribution in [0.4, 0.5) is 0 Å². The summed E-state index contributed by atoms with van der Waals surface area (Å²) < 4.78 is 8.74. The van der Waals surface area contributed by atoms with E-state index >= 15 is 0 Å². The van der Waals surface area contributed by atoms with Gasteiger partial charge in [0.15, 0.2) is 0 Å². The lowest BCUT2D eigenvalue weighted by atomic mass is 10.2. The maximum Gasteiger partial charge on any atom is 0.101 e. The molecular weight excluding hydrogens is 303 g/mol. The first-order valence-corrected chi connectivity index (χ1v) is 6.40. The third kappa shape index (κ3) is 4.51. The van der Waals surface area contributed by atoms with E-state index in [0.29, 0.717) is 12.5 Å². The van der Waals surface area contributed by atoms with Gasteiger partial charge in [0, 0.05) is 12.7 Å². The zero-order chi connectivity index (χ0) is 11.4. The summed E-state index contributed by atoms with van der Waals surface area (Å²) in [5.74, 6) is 0.625. The first kappa shape index (κ1) is 13.0. The van der Waals surface area contributed by atoms with Gasteiger partial charge in [-0.05, 0) is 42.4 Å². The summed E-state index contributed by atoms with van der Waals surface area (Å²) in [5, 5.41) is 4.51. The van der Waals surface area contributed by atoms with Gasteiger partial charge in [0.1, 0.15) is 5.69 Å². The SMILES string of the molecule is CC(C)Cn1cc(I)c(COC(C)C)n1. The van der Waals surface area contributed by atoms with Crippen LogP contribution in [0.2, 0.25) is 0 Å². The number of ether oxygens (including phenoxy) is 1. The normalized spacial score (nSPS) is 11.7. The molecule has 1 aromatic heterocycles. The molecule has 86 valence electrons. The summed E-state index contributed by atoms with van der Waals surface area (Å²) in [7, 11) is 0. The van der Waals surface area contributed by atoms with Crippen molar-refractivity contribution in [3.05, 3.63) is 15.5 Å². The van der Waals surface area contributed by atoms with E-state index < -0.39 is 0 Å². The molecule has 0 spiro atoms. The summed E-state index contributed by atoms with van der Waals surface area (Å²) in [6.45, 7) is 10.0. The van der Waals surface area contributed by atoms with E-state index in [1.807, 2.05) is 18.5 Å². The lowest BCUT2D eigenvalue weighted by molar-refractivity contribution is 0.0628. The molecule has 1 rings (SSSR count). The van der Waals surface area contributed by atoms with Crippen LogP contribution in [0.25, 0.3) is 0 Å². The summed E-state index contributed by atoms with van der Waals surface area (Å²) in [6.07, 6.45) is 2.34. The van der Waals surface area contributed by atoms with Gasteiger partial charge in [-0.1, -0.05) is 13.8 Å². The minimum atomic E-state index is 0.260. The Balaban J connectivity index is 2.60. The van der Waals surface area contributed by atoms with Crippen molar-refractivity contribution < 1.29 is 4.74 Å². The third-order valence-corrected chi connectivity index (χ3v) is 2.79.